The Morgan fingerprint density at radius 2 is 2.05 bits per heavy atom. The average Bonchev–Trinajstić information content (AvgIpc) is 3.60. The Kier molecular flexibility index (Phi) is 8.67. The third-order valence-electron chi connectivity index (χ3n) is 6.64. The minimum atomic E-state index is -4.32. The van der Waals surface area contributed by atoms with Crippen LogP contribution in [0.15, 0.2) is 51.6 Å². The molecule has 0 saturated heterocycles. The van der Waals surface area contributed by atoms with Crippen molar-refractivity contribution in [2.75, 3.05) is 18.5 Å². The molecule has 5 rings (SSSR count). The maximum absolute atomic E-state index is 13.0. The fourth-order valence-corrected chi connectivity index (χ4v) is 5.45. The summed E-state index contributed by atoms with van der Waals surface area (Å²) in [7, 11) is -4.32. The molecule has 38 heavy (non-hydrogen) atoms. The summed E-state index contributed by atoms with van der Waals surface area (Å²) in [4.78, 5) is 25.5. The van der Waals surface area contributed by atoms with E-state index in [1.807, 2.05) is 16.9 Å². The lowest BCUT2D eigenvalue weighted by Gasteiger charge is -2.22. The van der Waals surface area contributed by atoms with Gasteiger partial charge < -0.3 is 21.5 Å². The van der Waals surface area contributed by atoms with E-state index < -0.39 is 21.1 Å². The number of nitrogens with one attached hydrogen (secondary N) is 2. The smallest absolute Gasteiger partial charge is 0.333 e. The predicted octanol–water partition coefficient (Wildman–Crippen LogP) is 3.47. The molecule has 1 atom stereocenters. The summed E-state index contributed by atoms with van der Waals surface area (Å²) >= 11 is 0. The maximum Gasteiger partial charge on any atom is 0.333 e. The molecule has 6 N–H and O–H groups in total. The van der Waals surface area contributed by atoms with Crippen molar-refractivity contribution in [1.82, 2.24) is 9.71 Å². The van der Waals surface area contributed by atoms with Crippen LogP contribution in [0.25, 0.3) is 11.1 Å². The molecule has 0 radical (unpaired) electrons. The van der Waals surface area contributed by atoms with Gasteiger partial charge in [-0.3, -0.25) is 4.99 Å². The Balaban J connectivity index is 0.00000187. The quantitative estimate of drug-likeness (QED) is 0.201. The Bertz CT molecular complexity index is 1430. The van der Waals surface area contributed by atoms with Crippen molar-refractivity contribution in [1.29, 1.82) is 0 Å². The number of anilines is 1. The molecule has 2 aliphatic carbocycles. The van der Waals surface area contributed by atoms with E-state index in [9.17, 15) is 13.2 Å². The monoisotopic (exact) mass is 655 g/mol. The summed E-state index contributed by atoms with van der Waals surface area (Å²) in [5.74, 6) is 0.736. The predicted molar refractivity (Wildman–Crippen MR) is 162 cm³/mol. The molecule has 1 aromatic heterocycles. The zero-order chi connectivity index (χ0) is 26.0. The van der Waals surface area contributed by atoms with Gasteiger partial charge in [-0.05, 0) is 72.9 Å². The van der Waals surface area contributed by atoms with Crippen LogP contribution in [0.5, 0.6) is 0 Å². The van der Waals surface area contributed by atoms with E-state index in [2.05, 4.69) is 20.3 Å². The SMILES string of the molecule is I.NC=Nc1cc(-c2ccc3c(c2NC(=O)NS(=O)(=O)/C(N)=C/C2=NCCO[C@@H]2C2CC2)CCC3)ccn1.[HH].[HH]. The number of nitrogens with zero attached hydrogens (tertiary/aromatic N) is 3. The van der Waals surface area contributed by atoms with Gasteiger partial charge in [0.25, 0.3) is 10.0 Å². The van der Waals surface area contributed by atoms with Crippen LogP contribution in [0, 0.1) is 5.92 Å². The first-order valence-electron chi connectivity index (χ1n) is 12.2. The highest BCUT2D eigenvalue weighted by Crippen LogP contribution is 2.38. The fourth-order valence-electron chi connectivity index (χ4n) is 4.76. The molecule has 0 bridgehead atoms. The number of pyridine rings is 1. The molecule has 0 unspecified atom stereocenters. The van der Waals surface area contributed by atoms with E-state index >= 15 is 0 Å². The lowest BCUT2D eigenvalue weighted by molar-refractivity contribution is 0.0817. The van der Waals surface area contributed by atoms with Crippen LogP contribution in [0.2, 0.25) is 0 Å². The largest absolute Gasteiger partial charge is 0.390 e. The molecule has 11 nitrogen and oxygen atoms in total. The number of ether oxygens (including phenoxy) is 1. The number of carbonyl (C=O) groups is 1. The van der Waals surface area contributed by atoms with Crippen molar-refractivity contribution >= 4 is 63.6 Å². The van der Waals surface area contributed by atoms with Crippen LogP contribution >= 0.6 is 24.0 Å². The van der Waals surface area contributed by atoms with Crippen molar-refractivity contribution in [3.05, 3.63) is 52.7 Å². The van der Waals surface area contributed by atoms with Crippen LogP contribution in [0.4, 0.5) is 16.3 Å². The number of aromatic nitrogens is 1. The summed E-state index contributed by atoms with van der Waals surface area (Å²) in [5.41, 5.74) is 15.9. The van der Waals surface area contributed by atoms with Gasteiger partial charge in [-0.1, -0.05) is 12.1 Å². The first-order valence-corrected chi connectivity index (χ1v) is 13.7. The number of hydrogen-bond donors (Lipinski definition) is 4. The molecule has 1 fully saturated rings. The first kappa shape index (κ1) is 28.0. The van der Waals surface area contributed by atoms with E-state index in [4.69, 9.17) is 16.2 Å². The number of halogens is 1. The molecule has 1 aliphatic heterocycles. The summed E-state index contributed by atoms with van der Waals surface area (Å²) < 4.78 is 33.6. The highest BCUT2D eigenvalue weighted by atomic mass is 127. The number of urea groups is 1. The number of hydrogen-bond acceptors (Lipinski definition) is 8. The van der Waals surface area contributed by atoms with Crippen molar-refractivity contribution in [3.8, 4) is 11.1 Å². The summed E-state index contributed by atoms with van der Waals surface area (Å²) in [6, 6.07) is 6.54. The summed E-state index contributed by atoms with van der Waals surface area (Å²) in [5, 5.41) is 2.27. The Hall–Kier alpha value is -3.04. The van der Waals surface area contributed by atoms with E-state index in [1.54, 1.807) is 18.3 Å². The van der Waals surface area contributed by atoms with Gasteiger partial charge >= 0.3 is 6.03 Å². The number of nitrogens with two attached hydrogens (primary N) is 2. The summed E-state index contributed by atoms with van der Waals surface area (Å²) in [6.45, 7) is 0.929. The van der Waals surface area contributed by atoms with Gasteiger partial charge in [0.05, 0.1) is 30.9 Å². The topological polar surface area (TPSA) is 174 Å². The molecule has 0 spiro atoms. The Morgan fingerprint density at radius 3 is 2.82 bits per heavy atom. The Labute approximate surface area is 241 Å². The number of sulfonamides is 1. The molecular weight excluding hydrogens is 621 g/mol. The summed E-state index contributed by atoms with van der Waals surface area (Å²) in [6.07, 6.45) is 8.37. The minimum Gasteiger partial charge on any atom is -0.390 e. The first-order chi connectivity index (χ1) is 17.9. The van der Waals surface area contributed by atoms with Gasteiger partial charge in [-0.15, -0.1) is 24.0 Å². The van der Waals surface area contributed by atoms with Gasteiger partial charge in [-0.25, -0.2) is 19.5 Å². The zero-order valence-corrected chi connectivity index (χ0v) is 23.7. The molecule has 206 valence electrons. The molecule has 3 aliphatic rings. The number of fused-ring (bicyclic) bond motifs is 1. The van der Waals surface area contributed by atoms with E-state index in [1.165, 1.54) is 6.08 Å². The van der Waals surface area contributed by atoms with Crippen molar-refractivity contribution in [2.45, 2.75) is 38.2 Å². The average molecular weight is 656 g/mol. The normalized spacial score (nSPS) is 19.4. The van der Waals surface area contributed by atoms with Crippen LogP contribution in [0.3, 0.4) is 0 Å². The molecule has 1 saturated carbocycles. The van der Waals surface area contributed by atoms with Gasteiger partial charge in [0.15, 0.2) is 5.82 Å². The number of amides is 2. The van der Waals surface area contributed by atoms with E-state index in [-0.39, 0.29) is 32.9 Å². The number of rotatable bonds is 7. The lowest BCUT2D eigenvalue weighted by atomic mass is 9.98. The third kappa shape index (κ3) is 6.15. The molecule has 2 amide bonds. The minimum absolute atomic E-state index is 0. The number of aryl methyl sites for hydroxylation is 1. The second kappa shape index (κ2) is 11.8. The Morgan fingerprint density at radius 1 is 1.24 bits per heavy atom. The highest BCUT2D eigenvalue weighted by molar-refractivity contribution is 14.0. The van der Waals surface area contributed by atoms with Crippen molar-refractivity contribution in [3.63, 3.8) is 0 Å². The second-order valence-electron chi connectivity index (χ2n) is 9.20. The van der Waals surface area contributed by atoms with E-state index in [0.717, 1.165) is 55.1 Å². The third-order valence-corrected chi connectivity index (χ3v) is 7.83. The number of benzene rings is 1. The van der Waals surface area contributed by atoms with Gasteiger partial charge in [0, 0.05) is 14.6 Å². The fraction of sp³-hybridized carbons (Fsp3) is 0.360. The van der Waals surface area contributed by atoms with Crippen LogP contribution in [-0.2, 0) is 27.6 Å². The van der Waals surface area contributed by atoms with Gasteiger partial charge in [0.2, 0.25) is 0 Å². The molecule has 13 heteroatoms. The molecule has 2 aromatic rings. The number of carbonyl (C=O) groups excluding carboxylic acids is 1. The van der Waals surface area contributed by atoms with Crippen molar-refractivity contribution in [2.24, 2.45) is 27.4 Å². The van der Waals surface area contributed by atoms with Gasteiger partial charge in [-0.2, -0.15) is 8.42 Å². The molecule has 2 heterocycles. The zero-order valence-electron chi connectivity index (χ0n) is 20.6. The number of aliphatic imine (C=N–C) groups is 2. The highest BCUT2D eigenvalue weighted by Gasteiger charge is 2.36. The van der Waals surface area contributed by atoms with Crippen LogP contribution in [-0.4, -0.2) is 50.7 Å². The molecular formula is C25H34IN7O4S. The van der Waals surface area contributed by atoms with E-state index in [0.29, 0.717) is 41.8 Å². The van der Waals surface area contributed by atoms with Gasteiger partial charge in [0.1, 0.15) is 11.1 Å². The molecule has 1 aromatic carbocycles. The lowest BCUT2D eigenvalue weighted by Crippen LogP contribution is -2.38. The maximum atomic E-state index is 13.0. The van der Waals surface area contributed by atoms with Crippen LogP contribution < -0.4 is 21.5 Å². The standard InChI is InChI=1S/C25H29N7O4S.HI.2H2/c26-14-30-22-12-17(8-9-29-22)19-7-6-15-2-1-3-18(15)23(19)31-25(33)32-37(34,35)21(27)13-20-24(16-4-5-16)36-11-10-28-20;;;/h6-9,12-14,16,24H,1-5,10-11,27H2,(H2,26,29,30)(H2,31,32,33);3*1H/b21-13+;;;/t24-;;;/m1.../s1. The second-order valence-corrected chi connectivity index (χ2v) is 10.9. The van der Waals surface area contributed by atoms with Crippen LogP contribution in [0.1, 0.15) is 33.2 Å². The van der Waals surface area contributed by atoms with Crippen molar-refractivity contribution < 1.29 is 20.8 Å².